The zero-order valence-corrected chi connectivity index (χ0v) is 25.1. The molecule has 0 saturated heterocycles. The third-order valence-corrected chi connectivity index (χ3v) is 9.07. The van der Waals surface area contributed by atoms with Gasteiger partial charge in [0.25, 0.3) is 5.56 Å². The molecular weight excluding hydrogens is 576 g/mol. The lowest BCUT2D eigenvalue weighted by atomic mass is 9.83. The minimum Gasteiger partial charge on any atom is -0.493 e. The molecule has 220 valence electrons. The summed E-state index contributed by atoms with van der Waals surface area (Å²) >= 11 is 1.34. The van der Waals surface area contributed by atoms with Crippen molar-refractivity contribution < 1.29 is 23.4 Å². The van der Waals surface area contributed by atoms with Crippen molar-refractivity contribution in [3.05, 3.63) is 132 Å². The molecule has 3 aromatic carbocycles. The number of thiazole rings is 1. The summed E-state index contributed by atoms with van der Waals surface area (Å²) in [7, 11) is 4.57. The Morgan fingerprint density at radius 1 is 0.955 bits per heavy atom. The van der Waals surface area contributed by atoms with Crippen molar-refractivity contribution >= 4 is 29.1 Å². The van der Waals surface area contributed by atoms with Gasteiger partial charge >= 0.3 is 5.97 Å². The molecule has 0 amide bonds. The number of furan rings is 1. The van der Waals surface area contributed by atoms with E-state index >= 15 is 0 Å². The maximum atomic E-state index is 14.1. The van der Waals surface area contributed by atoms with Gasteiger partial charge in [-0.3, -0.25) is 9.36 Å². The molecule has 1 aliphatic carbocycles. The van der Waals surface area contributed by atoms with Crippen LogP contribution in [0.5, 0.6) is 11.5 Å². The largest absolute Gasteiger partial charge is 0.493 e. The Bertz CT molecular complexity index is 2130. The van der Waals surface area contributed by atoms with E-state index in [0.717, 1.165) is 40.8 Å². The Morgan fingerprint density at radius 3 is 2.52 bits per heavy atom. The number of benzene rings is 3. The highest BCUT2D eigenvalue weighted by Crippen LogP contribution is 2.42. The van der Waals surface area contributed by atoms with Crippen molar-refractivity contribution in [2.24, 2.45) is 4.99 Å². The minimum absolute atomic E-state index is 0.140. The molecule has 7 rings (SSSR count). The van der Waals surface area contributed by atoms with Gasteiger partial charge < -0.3 is 18.6 Å². The van der Waals surface area contributed by atoms with E-state index in [1.807, 2.05) is 36.4 Å². The molecular formula is C35H28N2O6S. The summed E-state index contributed by atoms with van der Waals surface area (Å²) in [5.74, 6) is 1.99. The van der Waals surface area contributed by atoms with Crippen molar-refractivity contribution in [2.45, 2.75) is 18.9 Å². The maximum Gasteiger partial charge on any atom is 0.337 e. The predicted octanol–water partition coefficient (Wildman–Crippen LogP) is 5.38. The van der Waals surface area contributed by atoms with Crippen LogP contribution in [0.4, 0.5) is 0 Å². The van der Waals surface area contributed by atoms with Gasteiger partial charge in [0.05, 0.1) is 43.2 Å². The predicted molar refractivity (Wildman–Crippen MR) is 168 cm³/mol. The van der Waals surface area contributed by atoms with Crippen LogP contribution in [-0.2, 0) is 11.2 Å². The number of hydrogen-bond donors (Lipinski definition) is 0. The topological polar surface area (TPSA) is 92.3 Å². The van der Waals surface area contributed by atoms with E-state index < -0.39 is 5.97 Å². The molecule has 1 aliphatic heterocycles. The Hall–Kier alpha value is -5.15. The number of allylic oxidation sites excluding steroid dienone is 1. The van der Waals surface area contributed by atoms with Crippen LogP contribution in [0.15, 0.2) is 98.6 Å². The summed E-state index contributed by atoms with van der Waals surface area (Å²) in [6, 6.07) is 24.5. The van der Waals surface area contributed by atoms with Crippen LogP contribution in [0.2, 0.25) is 0 Å². The lowest BCUT2D eigenvalue weighted by Crippen LogP contribution is -2.38. The first kappa shape index (κ1) is 27.7. The third-order valence-electron chi connectivity index (χ3n) is 8.09. The number of fused-ring (bicyclic) bond motifs is 3. The van der Waals surface area contributed by atoms with Crippen LogP contribution in [-0.4, -0.2) is 31.9 Å². The van der Waals surface area contributed by atoms with Gasteiger partial charge in [0.15, 0.2) is 16.3 Å². The van der Waals surface area contributed by atoms with Gasteiger partial charge in [0.2, 0.25) is 0 Å². The second-order valence-electron chi connectivity index (χ2n) is 10.5. The molecule has 0 saturated carbocycles. The number of carbonyl (C=O) groups excluding carboxylic acids is 1. The average molecular weight is 605 g/mol. The first-order valence-electron chi connectivity index (χ1n) is 14.1. The number of hydrogen-bond acceptors (Lipinski definition) is 8. The molecule has 0 unspecified atom stereocenters. The van der Waals surface area contributed by atoms with E-state index in [4.69, 9.17) is 23.6 Å². The molecule has 9 heteroatoms. The first-order valence-corrected chi connectivity index (χ1v) is 14.9. The van der Waals surface area contributed by atoms with E-state index in [1.54, 1.807) is 49.1 Å². The van der Waals surface area contributed by atoms with Gasteiger partial charge in [-0.2, -0.15) is 0 Å². The number of methoxy groups -OCH3 is 3. The minimum atomic E-state index is -0.399. The highest BCUT2D eigenvalue weighted by molar-refractivity contribution is 7.07. The zero-order valence-electron chi connectivity index (χ0n) is 24.3. The van der Waals surface area contributed by atoms with Gasteiger partial charge in [-0.15, -0.1) is 0 Å². The number of esters is 1. The van der Waals surface area contributed by atoms with Gasteiger partial charge in [-0.05, 0) is 65.9 Å². The molecule has 5 aromatic rings. The Kier molecular flexibility index (Phi) is 7.02. The van der Waals surface area contributed by atoms with Crippen LogP contribution in [0.25, 0.3) is 23.1 Å². The number of aryl methyl sites for hydroxylation is 1. The molecule has 0 radical (unpaired) electrons. The standard InChI is InChI=1S/C35H28N2O6S/c1-40-28-16-13-23(18-29(28)41-2)32-26-15-12-20-6-4-5-7-25(20)31(26)36-35-37(32)33(38)30(44-35)19-24-14-17-27(43-24)21-8-10-22(11-9-21)34(39)42-3/h4-11,13-14,16-19,32H,12,15H2,1-3H3/b30-19-/t32-/m1/s1. The van der Waals surface area contributed by atoms with Gasteiger partial charge in [-0.25, -0.2) is 9.79 Å². The summed E-state index contributed by atoms with van der Waals surface area (Å²) < 4.78 is 24.3. The summed E-state index contributed by atoms with van der Waals surface area (Å²) in [6.45, 7) is 0. The highest BCUT2D eigenvalue weighted by Gasteiger charge is 2.33. The summed E-state index contributed by atoms with van der Waals surface area (Å²) in [5.41, 5.74) is 6.43. The quantitative estimate of drug-likeness (QED) is 0.242. The monoisotopic (exact) mass is 604 g/mol. The number of nitrogens with zero attached hydrogens (tertiary/aromatic N) is 2. The van der Waals surface area contributed by atoms with E-state index in [-0.39, 0.29) is 11.6 Å². The van der Waals surface area contributed by atoms with Crippen LogP contribution in [0.3, 0.4) is 0 Å². The second kappa shape index (κ2) is 11.2. The Balaban J connectivity index is 1.35. The third kappa shape index (κ3) is 4.66. The molecule has 2 aromatic heterocycles. The van der Waals surface area contributed by atoms with E-state index in [2.05, 4.69) is 18.2 Å². The van der Waals surface area contributed by atoms with Crippen LogP contribution < -0.4 is 24.4 Å². The summed E-state index contributed by atoms with van der Waals surface area (Å²) in [4.78, 5) is 31.6. The fraction of sp³-hybridized carbons (Fsp3) is 0.171. The van der Waals surface area contributed by atoms with Crippen molar-refractivity contribution in [3.63, 3.8) is 0 Å². The molecule has 44 heavy (non-hydrogen) atoms. The number of carbonyl (C=O) groups is 1. The maximum absolute atomic E-state index is 14.1. The lowest BCUT2D eigenvalue weighted by molar-refractivity contribution is 0.0600. The molecule has 2 aliphatic rings. The Labute approximate surface area is 256 Å². The summed E-state index contributed by atoms with van der Waals surface area (Å²) in [5, 5.41) is 0. The van der Waals surface area contributed by atoms with Crippen LogP contribution >= 0.6 is 11.3 Å². The van der Waals surface area contributed by atoms with Crippen LogP contribution in [0, 0.1) is 0 Å². The molecule has 0 N–H and O–H groups in total. The molecule has 8 nitrogen and oxygen atoms in total. The molecule has 0 bridgehead atoms. The van der Waals surface area contributed by atoms with Gasteiger partial charge in [-0.1, -0.05) is 53.8 Å². The number of ether oxygens (including phenoxy) is 3. The van der Waals surface area contributed by atoms with Crippen molar-refractivity contribution in [3.8, 4) is 22.8 Å². The lowest BCUT2D eigenvalue weighted by Gasteiger charge is -2.31. The molecule has 3 heterocycles. The smallest absolute Gasteiger partial charge is 0.337 e. The SMILES string of the molecule is COC(=O)c1ccc(-c2ccc(/C=c3\sc4n(c3=O)[C@H](c3ccc(OC)c(OC)c3)C3=C(N=4)c4ccccc4CC3)o2)cc1. The van der Waals surface area contributed by atoms with Crippen molar-refractivity contribution in [1.29, 1.82) is 0 Å². The zero-order chi connectivity index (χ0) is 30.4. The fourth-order valence-electron chi connectivity index (χ4n) is 5.95. The fourth-order valence-corrected chi connectivity index (χ4v) is 6.93. The van der Waals surface area contributed by atoms with Crippen molar-refractivity contribution in [2.75, 3.05) is 21.3 Å². The first-order chi connectivity index (χ1) is 21.5. The number of rotatable bonds is 6. The van der Waals surface area contributed by atoms with E-state index in [9.17, 15) is 9.59 Å². The Morgan fingerprint density at radius 2 is 1.75 bits per heavy atom. The van der Waals surface area contributed by atoms with Gasteiger partial charge in [0, 0.05) is 17.2 Å². The van der Waals surface area contributed by atoms with E-state index in [0.29, 0.717) is 37.9 Å². The average Bonchev–Trinajstić information content (AvgIpc) is 3.67. The van der Waals surface area contributed by atoms with Gasteiger partial charge in [0.1, 0.15) is 11.5 Å². The number of aromatic nitrogens is 1. The second-order valence-corrected chi connectivity index (χ2v) is 11.5. The van der Waals surface area contributed by atoms with Crippen LogP contribution in [0.1, 0.15) is 45.3 Å². The molecule has 1 atom stereocenters. The molecule has 0 fully saturated rings. The van der Waals surface area contributed by atoms with Crippen molar-refractivity contribution in [1.82, 2.24) is 4.57 Å². The van der Waals surface area contributed by atoms with E-state index in [1.165, 1.54) is 24.0 Å². The normalized spacial score (nSPS) is 15.6. The summed E-state index contributed by atoms with van der Waals surface area (Å²) in [6.07, 6.45) is 3.42. The highest BCUT2D eigenvalue weighted by atomic mass is 32.1. The molecule has 0 spiro atoms.